The molecule has 0 aromatic carbocycles. The minimum Gasteiger partial charge on any atom is -0.377 e. The van der Waals surface area contributed by atoms with Crippen molar-refractivity contribution in [3.05, 3.63) is 0 Å². The number of piperidine rings is 1. The van der Waals surface area contributed by atoms with Crippen LogP contribution in [0.4, 0.5) is 0 Å². The molecule has 4 fully saturated rings. The number of hydrogen-bond acceptors (Lipinski definition) is 4. The van der Waals surface area contributed by atoms with E-state index in [4.69, 9.17) is 4.74 Å². The predicted molar refractivity (Wildman–Crippen MR) is 93.8 cm³/mol. The lowest BCUT2D eigenvalue weighted by Gasteiger charge is -2.47. The SMILES string of the molecule is C1CO[C@H](CN2CCN(C3CCC4(CCNCC4)CC3)CC2)C1. The summed E-state index contributed by atoms with van der Waals surface area (Å²) in [4.78, 5) is 5.45. The Labute approximate surface area is 141 Å². The molecular weight excluding hydrogens is 286 g/mol. The van der Waals surface area contributed by atoms with E-state index in [2.05, 4.69) is 15.1 Å². The molecule has 0 unspecified atom stereocenters. The first kappa shape index (κ1) is 16.3. The molecule has 1 saturated carbocycles. The summed E-state index contributed by atoms with van der Waals surface area (Å²) >= 11 is 0. The van der Waals surface area contributed by atoms with Crippen molar-refractivity contribution in [1.82, 2.24) is 15.1 Å². The van der Waals surface area contributed by atoms with E-state index in [0.717, 1.165) is 12.6 Å². The van der Waals surface area contributed by atoms with E-state index < -0.39 is 0 Å². The molecule has 4 rings (SSSR count). The van der Waals surface area contributed by atoms with Gasteiger partial charge in [0, 0.05) is 45.4 Å². The molecule has 0 bridgehead atoms. The number of nitrogens with one attached hydrogen (secondary N) is 1. The van der Waals surface area contributed by atoms with Gasteiger partial charge in [-0.25, -0.2) is 0 Å². The highest BCUT2D eigenvalue weighted by Gasteiger charge is 2.38. The van der Waals surface area contributed by atoms with Crippen LogP contribution in [0.3, 0.4) is 0 Å². The number of piperazine rings is 1. The van der Waals surface area contributed by atoms with Crippen LogP contribution >= 0.6 is 0 Å². The molecule has 4 aliphatic rings. The van der Waals surface area contributed by atoms with Gasteiger partial charge < -0.3 is 10.1 Å². The molecule has 0 aromatic heterocycles. The Kier molecular flexibility index (Phi) is 5.24. The lowest BCUT2D eigenvalue weighted by molar-refractivity contribution is 0.0175. The van der Waals surface area contributed by atoms with Gasteiger partial charge >= 0.3 is 0 Å². The van der Waals surface area contributed by atoms with Crippen molar-refractivity contribution in [2.45, 2.75) is 63.5 Å². The second kappa shape index (κ2) is 7.38. The van der Waals surface area contributed by atoms with Crippen molar-refractivity contribution < 1.29 is 4.74 Å². The monoisotopic (exact) mass is 321 g/mol. The summed E-state index contributed by atoms with van der Waals surface area (Å²) in [6.45, 7) is 9.76. The van der Waals surface area contributed by atoms with Gasteiger partial charge in [-0.15, -0.1) is 0 Å². The number of rotatable bonds is 3. The summed E-state index contributed by atoms with van der Waals surface area (Å²) < 4.78 is 5.80. The van der Waals surface area contributed by atoms with Gasteiger partial charge in [-0.05, 0) is 69.9 Å². The molecule has 3 aliphatic heterocycles. The molecule has 4 heteroatoms. The van der Waals surface area contributed by atoms with E-state index >= 15 is 0 Å². The number of hydrogen-bond donors (Lipinski definition) is 1. The van der Waals surface area contributed by atoms with Crippen molar-refractivity contribution >= 4 is 0 Å². The second-order valence-electron chi connectivity index (χ2n) is 8.45. The Morgan fingerprint density at radius 3 is 2.30 bits per heavy atom. The van der Waals surface area contributed by atoms with E-state index in [1.165, 1.54) is 97.2 Å². The Balaban J connectivity index is 1.20. The fourth-order valence-corrected chi connectivity index (χ4v) is 5.42. The number of ether oxygens (including phenoxy) is 1. The van der Waals surface area contributed by atoms with E-state index in [1.807, 2.05) is 0 Å². The zero-order chi connectivity index (χ0) is 15.5. The van der Waals surface area contributed by atoms with Crippen molar-refractivity contribution in [3.63, 3.8) is 0 Å². The van der Waals surface area contributed by atoms with Crippen molar-refractivity contribution in [2.24, 2.45) is 5.41 Å². The standard InChI is InChI=1S/C19H35N3O/c1-2-18(23-15-1)16-21-11-13-22(14-12-21)17-3-5-19(6-4-17)7-9-20-10-8-19/h17-18,20H,1-16H2/t18-/m0/s1. The third-order valence-electron chi connectivity index (χ3n) is 7.09. The molecular formula is C19H35N3O. The van der Waals surface area contributed by atoms with Crippen LogP contribution in [-0.2, 0) is 4.74 Å². The Hall–Kier alpha value is -0.160. The summed E-state index contributed by atoms with van der Waals surface area (Å²) in [6, 6.07) is 0.875. The third kappa shape index (κ3) is 3.92. The quantitative estimate of drug-likeness (QED) is 0.861. The molecule has 0 radical (unpaired) electrons. The maximum Gasteiger partial charge on any atom is 0.0702 e. The summed E-state index contributed by atoms with van der Waals surface area (Å²) in [6.07, 6.45) is 11.8. The molecule has 3 saturated heterocycles. The summed E-state index contributed by atoms with van der Waals surface area (Å²) in [5, 5.41) is 3.54. The van der Waals surface area contributed by atoms with E-state index in [9.17, 15) is 0 Å². The second-order valence-corrected chi connectivity index (χ2v) is 8.45. The zero-order valence-corrected chi connectivity index (χ0v) is 14.8. The molecule has 3 heterocycles. The van der Waals surface area contributed by atoms with Gasteiger partial charge in [-0.3, -0.25) is 9.80 Å². The molecule has 4 nitrogen and oxygen atoms in total. The molecule has 1 atom stereocenters. The normalized spacial score (nSPS) is 34.2. The molecule has 132 valence electrons. The van der Waals surface area contributed by atoms with Crippen LogP contribution in [0.1, 0.15) is 51.4 Å². The lowest BCUT2D eigenvalue weighted by Crippen LogP contribution is -2.53. The highest BCUT2D eigenvalue weighted by molar-refractivity contribution is 4.93. The van der Waals surface area contributed by atoms with Crippen LogP contribution in [-0.4, -0.2) is 74.4 Å². The largest absolute Gasteiger partial charge is 0.377 e. The summed E-state index contributed by atoms with van der Waals surface area (Å²) in [5.74, 6) is 0. The maximum atomic E-state index is 5.80. The first-order valence-electron chi connectivity index (χ1n) is 10.1. The van der Waals surface area contributed by atoms with Gasteiger partial charge in [-0.1, -0.05) is 0 Å². The number of nitrogens with zero attached hydrogens (tertiary/aromatic N) is 2. The lowest BCUT2D eigenvalue weighted by atomic mass is 9.67. The molecule has 1 spiro atoms. The summed E-state index contributed by atoms with van der Waals surface area (Å²) in [5.41, 5.74) is 0.712. The Morgan fingerprint density at radius 1 is 0.913 bits per heavy atom. The van der Waals surface area contributed by atoms with Crippen LogP contribution < -0.4 is 5.32 Å². The fourth-order valence-electron chi connectivity index (χ4n) is 5.42. The molecule has 0 aromatic rings. The average Bonchev–Trinajstić information content (AvgIpc) is 3.10. The highest BCUT2D eigenvalue weighted by Crippen LogP contribution is 2.44. The molecule has 23 heavy (non-hydrogen) atoms. The van der Waals surface area contributed by atoms with Gasteiger partial charge in [0.05, 0.1) is 6.10 Å². The topological polar surface area (TPSA) is 27.7 Å². The van der Waals surface area contributed by atoms with E-state index in [1.54, 1.807) is 0 Å². The minimum absolute atomic E-state index is 0.524. The van der Waals surface area contributed by atoms with Crippen LogP contribution in [0.2, 0.25) is 0 Å². The van der Waals surface area contributed by atoms with Crippen molar-refractivity contribution in [2.75, 3.05) is 52.4 Å². The van der Waals surface area contributed by atoms with Crippen molar-refractivity contribution in [3.8, 4) is 0 Å². The van der Waals surface area contributed by atoms with Crippen molar-refractivity contribution in [1.29, 1.82) is 0 Å². The smallest absolute Gasteiger partial charge is 0.0702 e. The average molecular weight is 322 g/mol. The molecule has 1 aliphatic carbocycles. The van der Waals surface area contributed by atoms with Gasteiger partial charge in [0.2, 0.25) is 0 Å². The van der Waals surface area contributed by atoms with E-state index in [-0.39, 0.29) is 0 Å². The fraction of sp³-hybridized carbons (Fsp3) is 1.00. The first-order valence-corrected chi connectivity index (χ1v) is 10.1. The van der Waals surface area contributed by atoms with E-state index in [0.29, 0.717) is 11.5 Å². The van der Waals surface area contributed by atoms with Gasteiger partial charge in [-0.2, -0.15) is 0 Å². The Morgan fingerprint density at radius 2 is 1.65 bits per heavy atom. The molecule has 1 N–H and O–H groups in total. The highest BCUT2D eigenvalue weighted by atomic mass is 16.5. The van der Waals surface area contributed by atoms with Gasteiger partial charge in [0.25, 0.3) is 0 Å². The molecule has 0 amide bonds. The summed E-state index contributed by atoms with van der Waals surface area (Å²) in [7, 11) is 0. The minimum atomic E-state index is 0.524. The predicted octanol–water partition coefficient (Wildman–Crippen LogP) is 2.10. The van der Waals surface area contributed by atoms with Crippen LogP contribution in [0, 0.1) is 5.41 Å². The first-order chi connectivity index (χ1) is 11.3. The Bertz CT molecular complexity index is 359. The van der Waals surface area contributed by atoms with Crippen LogP contribution in [0.5, 0.6) is 0 Å². The maximum absolute atomic E-state index is 5.80. The third-order valence-corrected chi connectivity index (χ3v) is 7.09. The van der Waals surface area contributed by atoms with Gasteiger partial charge in [0.1, 0.15) is 0 Å². The van der Waals surface area contributed by atoms with Gasteiger partial charge in [0.15, 0.2) is 0 Å². The zero-order valence-electron chi connectivity index (χ0n) is 14.8. The van der Waals surface area contributed by atoms with Crippen LogP contribution in [0.25, 0.3) is 0 Å². The van der Waals surface area contributed by atoms with Crippen LogP contribution in [0.15, 0.2) is 0 Å².